The van der Waals surface area contributed by atoms with E-state index in [1.165, 1.54) is 40.2 Å². The average molecular weight is 443 g/mol. The first kappa shape index (κ1) is 21.4. The fourth-order valence-electron chi connectivity index (χ4n) is 3.48. The Bertz CT molecular complexity index is 1240. The molecule has 1 atom stereocenters. The van der Waals surface area contributed by atoms with E-state index in [-0.39, 0.29) is 29.7 Å². The molecule has 2 N–H and O–H groups in total. The molecule has 0 spiro atoms. The molecule has 0 bridgehead atoms. The number of rotatable bonds is 2. The SMILES string of the molecule is C[C@H]1CN(c2ccc(C(F)(F)F)cc2)C(=O)c2c(C#Cc3cnc(N)cc3CF)cnn21. The Labute approximate surface area is 180 Å². The average Bonchev–Trinajstić information content (AvgIpc) is 3.20. The molecule has 0 radical (unpaired) electrons. The van der Waals surface area contributed by atoms with Gasteiger partial charge in [-0.05, 0) is 37.3 Å². The van der Waals surface area contributed by atoms with E-state index in [0.717, 1.165) is 12.1 Å². The summed E-state index contributed by atoms with van der Waals surface area (Å²) in [4.78, 5) is 18.5. The molecule has 4 rings (SSSR count). The quantitative estimate of drug-likeness (QED) is 0.480. The Balaban J connectivity index is 1.69. The van der Waals surface area contributed by atoms with Crippen LogP contribution in [0.3, 0.4) is 0 Å². The second-order valence-electron chi connectivity index (χ2n) is 7.31. The predicted octanol–water partition coefficient (Wildman–Crippen LogP) is 3.97. The lowest BCUT2D eigenvalue weighted by Crippen LogP contribution is -2.43. The van der Waals surface area contributed by atoms with E-state index in [9.17, 15) is 22.4 Å². The first-order chi connectivity index (χ1) is 15.2. The van der Waals surface area contributed by atoms with Gasteiger partial charge in [0.1, 0.15) is 18.2 Å². The monoisotopic (exact) mass is 443 g/mol. The normalized spacial score (nSPS) is 15.8. The van der Waals surface area contributed by atoms with Gasteiger partial charge in [-0.3, -0.25) is 9.48 Å². The Hall–Kier alpha value is -3.87. The Morgan fingerprint density at radius 2 is 1.84 bits per heavy atom. The van der Waals surface area contributed by atoms with Crippen LogP contribution in [0.15, 0.2) is 42.7 Å². The van der Waals surface area contributed by atoms with Crippen LogP contribution in [-0.4, -0.2) is 27.2 Å². The molecular weight excluding hydrogens is 426 g/mol. The van der Waals surface area contributed by atoms with E-state index in [1.54, 1.807) is 0 Å². The summed E-state index contributed by atoms with van der Waals surface area (Å²) in [6, 6.07) is 5.55. The molecule has 1 aliphatic heterocycles. The summed E-state index contributed by atoms with van der Waals surface area (Å²) in [5.74, 6) is 5.37. The molecular formula is C22H17F4N5O. The van der Waals surface area contributed by atoms with Crippen molar-refractivity contribution in [2.75, 3.05) is 17.2 Å². The molecule has 2 aromatic heterocycles. The first-order valence-corrected chi connectivity index (χ1v) is 9.58. The van der Waals surface area contributed by atoms with Crippen molar-refractivity contribution in [2.24, 2.45) is 0 Å². The van der Waals surface area contributed by atoms with Crippen molar-refractivity contribution >= 4 is 17.4 Å². The summed E-state index contributed by atoms with van der Waals surface area (Å²) in [6.45, 7) is 1.29. The van der Waals surface area contributed by atoms with Gasteiger partial charge in [0.05, 0.1) is 23.4 Å². The van der Waals surface area contributed by atoms with E-state index in [2.05, 4.69) is 21.9 Å². The van der Waals surface area contributed by atoms with Gasteiger partial charge >= 0.3 is 6.18 Å². The number of hydrogen-bond acceptors (Lipinski definition) is 4. The first-order valence-electron chi connectivity index (χ1n) is 9.58. The second-order valence-corrected chi connectivity index (χ2v) is 7.31. The second kappa shape index (κ2) is 8.00. The van der Waals surface area contributed by atoms with Crippen LogP contribution < -0.4 is 10.6 Å². The van der Waals surface area contributed by atoms with Crippen molar-refractivity contribution in [1.29, 1.82) is 0 Å². The zero-order valence-electron chi connectivity index (χ0n) is 16.8. The largest absolute Gasteiger partial charge is 0.416 e. The number of aromatic nitrogens is 3. The Morgan fingerprint density at radius 1 is 1.16 bits per heavy atom. The number of benzene rings is 1. The standard InChI is InChI=1S/C22H17F4N5O/c1-13-12-30(18-6-4-17(5-7-18)22(24,25)26)21(32)20-15(11-29-31(13)20)3-2-14-10-28-19(27)8-16(14)9-23/h4-8,10-11,13H,9,12H2,1H3,(H2,27,28)/t13-/m0/s1. The molecule has 1 aliphatic rings. The van der Waals surface area contributed by atoms with Gasteiger partial charge in [-0.2, -0.15) is 18.3 Å². The van der Waals surface area contributed by atoms with Gasteiger partial charge in [0, 0.05) is 29.6 Å². The minimum Gasteiger partial charge on any atom is -0.384 e. The summed E-state index contributed by atoms with van der Waals surface area (Å²) in [5.41, 5.74) is 6.25. The van der Waals surface area contributed by atoms with Gasteiger partial charge in [0.25, 0.3) is 5.91 Å². The van der Waals surface area contributed by atoms with Crippen LogP contribution in [0, 0.1) is 11.8 Å². The third-order valence-corrected chi connectivity index (χ3v) is 5.10. The number of pyridine rings is 1. The van der Waals surface area contributed by atoms with Crippen LogP contribution in [0.1, 0.15) is 45.7 Å². The molecule has 1 aromatic carbocycles. The van der Waals surface area contributed by atoms with Crippen LogP contribution in [0.25, 0.3) is 0 Å². The van der Waals surface area contributed by atoms with E-state index < -0.39 is 24.3 Å². The number of hydrogen-bond donors (Lipinski definition) is 1. The number of fused-ring (bicyclic) bond motifs is 1. The minimum absolute atomic E-state index is 0.169. The molecule has 1 amide bonds. The number of nitrogen functional groups attached to an aromatic ring is 1. The lowest BCUT2D eigenvalue weighted by Gasteiger charge is -2.32. The minimum atomic E-state index is -4.46. The fourth-order valence-corrected chi connectivity index (χ4v) is 3.48. The Morgan fingerprint density at radius 3 is 2.50 bits per heavy atom. The van der Waals surface area contributed by atoms with Crippen molar-refractivity contribution in [2.45, 2.75) is 25.8 Å². The maximum absolute atomic E-state index is 13.3. The van der Waals surface area contributed by atoms with Crippen LogP contribution >= 0.6 is 0 Å². The maximum atomic E-state index is 13.3. The summed E-state index contributed by atoms with van der Waals surface area (Å²) < 4.78 is 53.4. The lowest BCUT2D eigenvalue weighted by molar-refractivity contribution is -0.137. The lowest BCUT2D eigenvalue weighted by atomic mass is 10.1. The number of carbonyl (C=O) groups is 1. The maximum Gasteiger partial charge on any atom is 0.416 e. The fraction of sp³-hybridized carbons (Fsp3) is 0.227. The van der Waals surface area contributed by atoms with Gasteiger partial charge < -0.3 is 10.6 Å². The molecule has 0 aliphatic carbocycles. The van der Waals surface area contributed by atoms with E-state index in [0.29, 0.717) is 16.8 Å². The predicted molar refractivity (Wildman–Crippen MR) is 109 cm³/mol. The van der Waals surface area contributed by atoms with E-state index in [4.69, 9.17) is 5.73 Å². The number of amides is 1. The smallest absolute Gasteiger partial charge is 0.384 e. The van der Waals surface area contributed by atoms with Crippen molar-refractivity contribution < 1.29 is 22.4 Å². The van der Waals surface area contributed by atoms with E-state index in [1.807, 2.05) is 6.92 Å². The number of nitrogens with two attached hydrogens (primary N) is 1. The van der Waals surface area contributed by atoms with Crippen molar-refractivity contribution in [3.63, 3.8) is 0 Å². The number of alkyl halides is 4. The molecule has 164 valence electrons. The molecule has 0 saturated carbocycles. The summed E-state index contributed by atoms with van der Waals surface area (Å²) >= 11 is 0. The Kier molecular flexibility index (Phi) is 5.34. The zero-order chi connectivity index (χ0) is 23.0. The zero-order valence-corrected chi connectivity index (χ0v) is 16.8. The number of halogens is 4. The number of carbonyl (C=O) groups excluding carboxylic acids is 1. The molecule has 0 saturated heterocycles. The van der Waals surface area contributed by atoms with Gasteiger partial charge in [-0.1, -0.05) is 11.8 Å². The topological polar surface area (TPSA) is 77.0 Å². The molecule has 3 aromatic rings. The van der Waals surface area contributed by atoms with Crippen LogP contribution in [-0.2, 0) is 12.9 Å². The van der Waals surface area contributed by atoms with Gasteiger partial charge in [0.15, 0.2) is 0 Å². The van der Waals surface area contributed by atoms with Crippen LogP contribution in [0.4, 0.5) is 29.1 Å². The van der Waals surface area contributed by atoms with Crippen LogP contribution in [0.5, 0.6) is 0 Å². The molecule has 0 unspecified atom stereocenters. The highest BCUT2D eigenvalue weighted by Crippen LogP contribution is 2.32. The highest BCUT2D eigenvalue weighted by atomic mass is 19.4. The summed E-state index contributed by atoms with van der Waals surface area (Å²) in [7, 11) is 0. The number of anilines is 2. The third kappa shape index (κ3) is 3.89. The number of nitrogens with zero attached hydrogens (tertiary/aromatic N) is 4. The third-order valence-electron chi connectivity index (χ3n) is 5.10. The van der Waals surface area contributed by atoms with E-state index >= 15 is 0 Å². The van der Waals surface area contributed by atoms with Crippen molar-refractivity contribution in [3.8, 4) is 11.8 Å². The molecule has 0 fully saturated rings. The summed E-state index contributed by atoms with van der Waals surface area (Å²) in [5, 5.41) is 4.24. The van der Waals surface area contributed by atoms with Crippen molar-refractivity contribution in [3.05, 3.63) is 70.7 Å². The van der Waals surface area contributed by atoms with Gasteiger partial charge in [-0.15, -0.1) is 0 Å². The highest BCUT2D eigenvalue weighted by Gasteiger charge is 2.34. The molecule has 3 heterocycles. The highest BCUT2D eigenvalue weighted by molar-refractivity contribution is 6.07. The van der Waals surface area contributed by atoms with Gasteiger partial charge in [0.2, 0.25) is 0 Å². The molecule has 6 nitrogen and oxygen atoms in total. The molecule has 10 heteroatoms. The molecule has 32 heavy (non-hydrogen) atoms. The van der Waals surface area contributed by atoms with Crippen LogP contribution in [0.2, 0.25) is 0 Å². The van der Waals surface area contributed by atoms with Crippen molar-refractivity contribution in [1.82, 2.24) is 14.8 Å². The summed E-state index contributed by atoms with van der Waals surface area (Å²) in [6.07, 6.45) is -1.67. The van der Waals surface area contributed by atoms with Gasteiger partial charge in [-0.25, -0.2) is 9.37 Å².